The van der Waals surface area contributed by atoms with Gasteiger partial charge < -0.3 is 10.3 Å². The molecule has 0 atom stereocenters. The van der Waals surface area contributed by atoms with Gasteiger partial charge in [0.05, 0.1) is 5.56 Å². The molecule has 106 valence electrons. The molecule has 1 amide bonds. The number of carbonyl (C=O) groups is 1. The van der Waals surface area contributed by atoms with E-state index in [1.54, 1.807) is 0 Å². The average Bonchev–Trinajstić information content (AvgIpc) is 2.77. The number of hydrogen-bond donors (Lipinski definition) is 2. The summed E-state index contributed by atoms with van der Waals surface area (Å²) in [5.74, 6) is -0.727. The van der Waals surface area contributed by atoms with Crippen LogP contribution in [0.3, 0.4) is 0 Å². The summed E-state index contributed by atoms with van der Waals surface area (Å²) in [4.78, 5) is 25.2. The summed E-state index contributed by atoms with van der Waals surface area (Å²) in [7, 11) is 1.49. The molecular weight excluding hydrogens is 277 g/mol. The minimum absolute atomic E-state index is 0.113. The Morgan fingerprint density at radius 3 is 2.70 bits per heavy atom. The highest BCUT2D eigenvalue weighted by Crippen LogP contribution is 2.29. The second-order valence-electron chi connectivity index (χ2n) is 3.92. The molecule has 6 nitrogen and oxygen atoms in total. The Labute approximate surface area is 110 Å². The van der Waals surface area contributed by atoms with E-state index in [2.05, 4.69) is 10.4 Å². The van der Waals surface area contributed by atoms with Crippen LogP contribution in [-0.4, -0.2) is 20.7 Å². The van der Waals surface area contributed by atoms with Gasteiger partial charge in [0.1, 0.15) is 11.4 Å². The summed E-state index contributed by atoms with van der Waals surface area (Å²) in [6, 6.07) is 1.95. The van der Waals surface area contributed by atoms with Crippen LogP contribution >= 0.6 is 0 Å². The van der Waals surface area contributed by atoms with Crippen molar-refractivity contribution in [2.45, 2.75) is 6.18 Å². The van der Waals surface area contributed by atoms with Gasteiger partial charge in [0, 0.05) is 19.4 Å². The van der Waals surface area contributed by atoms with Crippen molar-refractivity contribution in [3.63, 3.8) is 0 Å². The zero-order valence-corrected chi connectivity index (χ0v) is 10.2. The van der Waals surface area contributed by atoms with Gasteiger partial charge in [0.25, 0.3) is 11.5 Å². The van der Waals surface area contributed by atoms with Crippen molar-refractivity contribution in [2.24, 2.45) is 7.05 Å². The third kappa shape index (κ3) is 2.71. The molecule has 0 aliphatic carbocycles. The monoisotopic (exact) mass is 286 g/mol. The summed E-state index contributed by atoms with van der Waals surface area (Å²) in [5, 5.41) is 5.87. The fourth-order valence-electron chi connectivity index (χ4n) is 1.52. The van der Waals surface area contributed by atoms with Crippen molar-refractivity contribution in [1.82, 2.24) is 14.8 Å². The molecule has 2 N–H and O–H groups in total. The zero-order chi connectivity index (χ0) is 14.9. The van der Waals surface area contributed by atoms with Gasteiger partial charge in [-0.3, -0.25) is 14.3 Å². The number of aromatic nitrogens is 3. The van der Waals surface area contributed by atoms with Crippen LogP contribution in [0.5, 0.6) is 0 Å². The number of aromatic amines is 1. The van der Waals surface area contributed by atoms with Crippen molar-refractivity contribution in [2.75, 3.05) is 5.32 Å². The molecule has 2 aromatic heterocycles. The van der Waals surface area contributed by atoms with Crippen LogP contribution in [0.15, 0.2) is 29.3 Å². The maximum atomic E-state index is 12.5. The Morgan fingerprint density at radius 1 is 1.45 bits per heavy atom. The first-order valence-corrected chi connectivity index (χ1v) is 5.38. The van der Waals surface area contributed by atoms with Crippen LogP contribution in [-0.2, 0) is 13.2 Å². The molecule has 0 aliphatic rings. The highest BCUT2D eigenvalue weighted by atomic mass is 19.4. The Bertz CT molecular complexity index is 702. The number of H-pyrrole nitrogens is 1. The number of alkyl halides is 3. The van der Waals surface area contributed by atoms with E-state index in [0.717, 1.165) is 0 Å². The molecule has 2 heterocycles. The molecule has 0 fully saturated rings. The summed E-state index contributed by atoms with van der Waals surface area (Å²) >= 11 is 0. The standard InChI is InChI=1S/C11H9F3N4O2/c1-18-8(2-3-16-18)10(20)17-7-4-6(11(12,13)14)5-15-9(7)19/h2-5H,1H3,(H,15,19)(H,17,20). The normalized spacial score (nSPS) is 11.4. The maximum absolute atomic E-state index is 12.5. The first-order valence-electron chi connectivity index (χ1n) is 5.38. The van der Waals surface area contributed by atoms with Crippen molar-refractivity contribution < 1.29 is 18.0 Å². The largest absolute Gasteiger partial charge is 0.417 e. The summed E-state index contributed by atoms with van der Waals surface area (Å²) in [6.45, 7) is 0. The maximum Gasteiger partial charge on any atom is 0.417 e. The van der Waals surface area contributed by atoms with Gasteiger partial charge in [-0.05, 0) is 12.1 Å². The highest BCUT2D eigenvalue weighted by molar-refractivity contribution is 6.02. The molecule has 0 aromatic carbocycles. The molecule has 2 aromatic rings. The Hall–Kier alpha value is -2.58. The Balaban J connectivity index is 2.32. The van der Waals surface area contributed by atoms with Crippen LogP contribution in [0.4, 0.5) is 18.9 Å². The van der Waals surface area contributed by atoms with Crippen LogP contribution in [0.25, 0.3) is 0 Å². The molecule has 9 heteroatoms. The van der Waals surface area contributed by atoms with E-state index in [4.69, 9.17) is 0 Å². The van der Waals surface area contributed by atoms with Gasteiger partial charge in [-0.25, -0.2) is 0 Å². The number of amides is 1. The smallest absolute Gasteiger partial charge is 0.327 e. The van der Waals surface area contributed by atoms with Crippen LogP contribution in [0, 0.1) is 0 Å². The van der Waals surface area contributed by atoms with Crippen molar-refractivity contribution in [3.8, 4) is 0 Å². The first-order chi connectivity index (χ1) is 9.29. The molecule has 0 bridgehead atoms. The number of nitrogens with one attached hydrogen (secondary N) is 2. The lowest BCUT2D eigenvalue weighted by atomic mass is 10.2. The predicted molar refractivity (Wildman–Crippen MR) is 63.2 cm³/mol. The Morgan fingerprint density at radius 2 is 2.15 bits per heavy atom. The van der Waals surface area contributed by atoms with Gasteiger partial charge in [-0.1, -0.05) is 0 Å². The van der Waals surface area contributed by atoms with Crippen molar-refractivity contribution >= 4 is 11.6 Å². The molecule has 20 heavy (non-hydrogen) atoms. The van der Waals surface area contributed by atoms with E-state index < -0.39 is 28.9 Å². The third-order valence-corrected chi connectivity index (χ3v) is 2.53. The number of pyridine rings is 1. The first kappa shape index (κ1) is 13.8. The number of anilines is 1. The third-order valence-electron chi connectivity index (χ3n) is 2.53. The Kier molecular flexibility index (Phi) is 3.35. The number of carbonyl (C=O) groups excluding carboxylic acids is 1. The summed E-state index contributed by atoms with van der Waals surface area (Å²) in [5.41, 5.74) is -2.25. The van der Waals surface area contributed by atoms with Crippen molar-refractivity contribution in [1.29, 1.82) is 0 Å². The van der Waals surface area contributed by atoms with E-state index in [1.165, 1.54) is 24.0 Å². The molecular formula is C11H9F3N4O2. The number of hydrogen-bond acceptors (Lipinski definition) is 3. The zero-order valence-electron chi connectivity index (χ0n) is 10.2. The second kappa shape index (κ2) is 4.83. The molecule has 0 radical (unpaired) electrons. The van der Waals surface area contributed by atoms with E-state index >= 15 is 0 Å². The highest BCUT2D eigenvalue weighted by Gasteiger charge is 2.31. The molecule has 0 saturated heterocycles. The number of nitrogens with zero attached hydrogens (tertiary/aromatic N) is 2. The van der Waals surface area contributed by atoms with Gasteiger partial charge >= 0.3 is 6.18 Å². The van der Waals surface area contributed by atoms with Crippen LogP contribution in [0.2, 0.25) is 0 Å². The molecule has 0 unspecified atom stereocenters. The fraction of sp³-hybridized carbons (Fsp3) is 0.182. The fourth-order valence-corrected chi connectivity index (χ4v) is 1.52. The lowest BCUT2D eigenvalue weighted by Gasteiger charge is -2.09. The van der Waals surface area contributed by atoms with Gasteiger partial charge in [-0.2, -0.15) is 18.3 Å². The van der Waals surface area contributed by atoms with E-state index in [-0.39, 0.29) is 5.69 Å². The lowest BCUT2D eigenvalue weighted by Crippen LogP contribution is -2.23. The lowest BCUT2D eigenvalue weighted by molar-refractivity contribution is -0.137. The SMILES string of the molecule is Cn1nccc1C(=O)Nc1cc(C(F)(F)F)c[nH]c1=O. The topological polar surface area (TPSA) is 79.8 Å². The second-order valence-corrected chi connectivity index (χ2v) is 3.92. The summed E-state index contributed by atoms with van der Waals surface area (Å²) in [6.07, 6.45) is -2.72. The summed E-state index contributed by atoms with van der Waals surface area (Å²) < 4.78 is 38.8. The van der Waals surface area contributed by atoms with E-state index in [1.807, 2.05) is 4.98 Å². The van der Waals surface area contributed by atoms with Crippen molar-refractivity contribution in [3.05, 3.63) is 46.1 Å². The van der Waals surface area contributed by atoms with E-state index in [0.29, 0.717) is 12.3 Å². The molecule has 0 aliphatic heterocycles. The molecule has 0 saturated carbocycles. The molecule has 2 rings (SSSR count). The quantitative estimate of drug-likeness (QED) is 0.875. The van der Waals surface area contributed by atoms with Gasteiger partial charge in [0.2, 0.25) is 0 Å². The van der Waals surface area contributed by atoms with E-state index in [9.17, 15) is 22.8 Å². The average molecular weight is 286 g/mol. The number of rotatable bonds is 2. The number of halogens is 3. The minimum atomic E-state index is -4.61. The molecule has 0 spiro atoms. The minimum Gasteiger partial charge on any atom is -0.327 e. The van der Waals surface area contributed by atoms with Gasteiger partial charge in [-0.15, -0.1) is 0 Å². The van der Waals surface area contributed by atoms with Crippen LogP contribution < -0.4 is 10.9 Å². The van der Waals surface area contributed by atoms with Crippen LogP contribution in [0.1, 0.15) is 16.1 Å². The number of aryl methyl sites for hydroxylation is 1. The predicted octanol–water partition coefficient (Wildman–Crippen LogP) is 1.38. The van der Waals surface area contributed by atoms with Gasteiger partial charge in [0.15, 0.2) is 0 Å².